The van der Waals surface area contributed by atoms with Gasteiger partial charge in [0.15, 0.2) is 5.82 Å². The van der Waals surface area contributed by atoms with Crippen LogP contribution in [0.3, 0.4) is 0 Å². The summed E-state index contributed by atoms with van der Waals surface area (Å²) in [5, 5.41) is 16.9. The van der Waals surface area contributed by atoms with E-state index < -0.39 is 17.9 Å². The van der Waals surface area contributed by atoms with Crippen molar-refractivity contribution in [2.75, 3.05) is 19.7 Å². The summed E-state index contributed by atoms with van der Waals surface area (Å²) in [6.07, 6.45) is -2.32. The zero-order valence-electron chi connectivity index (χ0n) is 16.8. The lowest BCUT2D eigenvalue weighted by Crippen LogP contribution is -2.35. The number of esters is 1. The number of ether oxygens (including phenoxy) is 1. The number of hydrogen-bond donors (Lipinski definition) is 3. The SMILES string of the molecule is C=CC(=O)NCCNC(c1ncc(C(F)(F)F)[nH]1)c1nnnn1CCCC(=O)OCC. The number of aryl methyl sites for hydroxylation is 1. The van der Waals surface area contributed by atoms with Gasteiger partial charge in [0.2, 0.25) is 5.91 Å². The number of carbonyl (C=O) groups excluding carboxylic acids is 2. The average Bonchev–Trinajstić information content (AvgIpc) is 3.38. The van der Waals surface area contributed by atoms with Crippen molar-refractivity contribution in [2.24, 2.45) is 0 Å². The van der Waals surface area contributed by atoms with Crippen LogP contribution >= 0.6 is 0 Å². The summed E-state index contributed by atoms with van der Waals surface area (Å²) in [6, 6.07) is -0.922. The van der Waals surface area contributed by atoms with E-state index in [0.29, 0.717) is 12.6 Å². The molecule has 2 aromatic heterocycles. The molecule has 2 rings (SSSR count). The van der Waals surface area contributed by atoms with Crippen molar-refractivity contribution in [2.45, 2.75) is 38.5 Å². The van der Waals surface area contributed by atoms with Gasteiger partial charge in [-0.15, -0.1) is 5.10 Å². The zero-order valence-corrected chi connectivity index (χ0v) is 16.8. The molecule has 0 saturated carbocycles. The maximum absolute atomic E-state index is 13.0. The largest absolute Gasteiger partial charge is 0.466 e. The standard InChI is InChI=1S/C17H23F3N8O3/c1-3-12(29)21-7-8-22-14(15-23-10-11(24-15)17(18,19)20)16-25-26-27-28(16)9-5-6-13(30)31-4-2/h3,10,14,22H,1,4-9H2,2H3,(H,21,29)(H,23,24). The molecule has 2 aromatic rings. The summed E-state index contributed by atoms with van der Waals surface area (Å²) in [7, 11) is 0. The van der Waals surface area contributed by atoms with E-state index in [1.165, 1.54) is 4.68 Å². The highest BCUT2D eigenvalue weighted by molar-refractivity contribution is 5.86. The average molecular weight is 444 g/mol. The summed E-state index contributed by atoms with van der Waals surface area (Å²) < 4.78 is 45.2. The van der Waals surface area contributed by atoms with E-state index in [2.05, 4.69) is 42.7 Å². The third kappa shape index (κ3) is 7.16. The molecule has 0 saturated heterocycles. The first-order valence-corrected chi connectivity index (χ1v) is 9.43. The molecule has 31 heavy (non-hydrogen) atoms. The number of rotatable bonds is 12. The Balaban J connectivity index is 2.15. The number of amides is 1. The first-order chi connectivity index (χ1) is 14.8. The highest BCUT2D eigenvalue weighted by Gasteiger charge is 2.34. The predicted molar refractivity (Wildman–Crippen MR) is 100 cm³/mol. The molecule has 1 unspecified atom stereocenters. The number of aromatic amines is 1. The summed E-state index contributed by atoms with van der Waals surface area (Å²) in [6.45, 7) is 5.90. The normalized spacial score (nSPS) is 12.4. The fourth-order valence-electron chi connectivity index (χ4n) is 2.60. The smallest absolute Gasteiger partial charge is 0.432 e. The Hall–Kier alpha value is -3.29. The van der Waals surface area contributed by atoms with Crippen molar-refractivity contribution >= 4 is 11.9 Å². The van der Waals surface area contributed by atoms with E-state index in [0.717, 1.165) is 6.08 Å². The maximum atomic E-state index is 13.0. The van der Waals surface area contributed by atoms with E-state index in [1.807, 2.05) is 0 Å². The van der Waals surface area contributed by atoms with Gasteiger partial charge in [-0.05, 0) is 29.8 Å². The Morgan fingerprint density at radius 2 is 2.16 bits per heavy atom. The van der Waals surface area contributed by atoms with Gasteiger partial charge in [-0.2, -0.15) is 13.2 Å². The lowest BCUT2D eigenvalue weighted by molar-refractivity contribution is -0.143. The fraction of sp³-hybridized carbons (Fsp3) is 0.529. The number of carbonyl (C=O) groups is 2. The van der Waals surface area contributed by atoms with E-state index in [9.17, 15) is 22.8 Å². The van der Waals surface area contributed by atoms with Crippen LogP contribution in [0.1, 0.15) is 43.1 Å². The van der Waals surface area contributed by atoms with Gasteiger partial charge in [0, 0.05) is 26.1 Å². The third-order valence-corrected chi connectivity index (χ3v) is 4.01. The lowest BCUT2D eigenvalue weighted by atomic mass is 10.2. The van der Waals surface area contributed by atoms with Gasteiger partial charge in [-0.3, -0.25) is 14.9 Å². The molecule has 11 nitrogen and oxygen atoms in total. The van der Waals surface area contributed by atoms with Crippen LogP contribution in [0.5, 0.6) is 0 Å². The molecular weight excluding hydrogens is 421 g/mol. The van der Waals surface area contributed by atoms with Crippen molar-refractivity contribution in [3.63, 3.8) is 0 Å². The zero-order chi connectivity index (χ0) is 22.9. The number of halogens is 3. The monoisotopic (exact) mass is 444 g/mol. The molecule has 0 radical (unpaired) electrons. The van der Waals surface area contributed by atoms with Gasteiger partial charge in [0.1, 0.15) is 17.6 Å². The Morgan fingerprint density at radius 1 is 1.39 bits per heavy atom. The fourth-order valence-corrected chi connectivity index (χ4v) is 2.60. The second-order valence-electron chi connectivity index (χ2n) is 6.23. The molecule has 14 heteroatoms. The molecule has 1 amide bonds. The number of imidazole rings is 1. The number of alkyl halides is 3. The van der Waals surface area contributed by atoms with Crippen LogP contribution in [-0.4, -0.2) is 61.7 Å². The van der Waals surface area contributed by atoms with Crippen molar-refractivity contribution in [3.05, 3.63) is 36.2 Å². The first kappa shape index (κ1) is 24.0. The molecule has 170 valence electrons. The van der Waals surface area contributed by atoms with Crippen LogP contribution < -0.4 is 10.6 Å². The van der Waals surface area contributed by atoms with Crippen molar-refractivity contribution in [1.82, 2.24) is 40.8 Å². The van der Waals surface area contributed by atoms with E-state index in [4.69, 9.17) is 4.74 Å². The minimum Gasteiger partial charge on any atom is -0.466 e. The van der Waals surface area contributed by atoms with Crippen molar-refractivity contribution in [3.8, 4) is 0 Å². The van der Waals surface area contributed by atoms with Gasteiger partial charge >= 0.3 is 12.1 Å². The predicted octanol–water partition coefficient (Wildman–Crippen LogP) is 0.739. The van der Waals surface area contributed by atoms with Gasteiger partial charge in [-0.1, -0.05) is 6.58 Å². The molecule has 0 aliphatic rings. The van der Waals surface area contributed by atoms with Gasteiger partial charge in [-0.25, -0.2) is 9.67 Å². The Kier molecular flexibility index (Phi) is 8.66. The number of tetrazole rings is 1. The van der Waals surface area contributed by atoms with Gasteiger partial charge < -0.3 is 15.0 Å². The van der Waals surface area contributed by atoms with Crippen LogP contribution in [0.25, 0.3) is 0 Å². The van der Waals surface area contributed by atoms with Gasteiger partial charge in [0.25, 0.3) is 0 Å². The summed E-state index contributed by atoms with van der Waals surface area (Å²) >= 11 is 0. The maximum Gasteiger partial charge on any atom is 0.432 e. The molecule has 0 spiro atoms. The van der Waals surface area contributed by atoms with Crippen LogP contribution in [0.4, 0.5) is 13.2 Å². The van der Waals surface area contributed by atoms with E-state index in [1.54, 1.807) is 6.92 Å². The first-order valence-electron chi connectivity index (χ1n) is 9.43. The molecule has 0 bridgehead atoms. The van der Waals surface area contributed by atoms with Crippen LogP contribution in [0.2, 0.25) is 0 Å². The van der Waals surface area contributed by atoms with E-state index >= 15 is 0 Å². The molecule has 0 aliphatic heterocycles. The minimum atomic E-state index is -4.60. The van der Waals surface area contributed by atoms with Crippen LogP contribution in [-0.2, 0) is 27.0 Å². The summed E-state index contributed by atoms with van der Waals surface area (Å²) in [5.41, 5.74) is -1.02. The summed E-state index contributed by atoms with van der Waals surface area (Å²) in [4.78, 5) is 28.8. The van der Waals surface area contributed by atoms with Crippen molar-refractivity contribution in [1.29, 1.82) is 0 Å². The van der Waals surface area contributed by atoms with E-state index in [-0.39, 0.29) is 56.2 Å². The highest BCUT2D eigenvalue weighted by atomic mass is 19.4. The number of nitrogens with one attached hydrogen (secondary N) is 3. The topological polar surface area (TPSA) is 140 Å². The highest BCUT2D eigenvalue weighted by Crippen LogP contribution is 2.29. The number of nitrogens with zero attached hydrogens (tertiary/aromatic N) is 5. The number of hydrogen-bond acceptors (Lipinski definition) is 8. The Bertz CT molecular complexity index is 880. The van der Waals surface area contributed by atoms with Crippen molar-refractivity contribution < 1.29 is 27.5 Å². The molecule has 0 fully saturated rings. The quantitative estimate of drug-likeness (QED) is 0.247. The Labute approximate surface area is 175 Å². The van der Waals surface area contributed by atoms with Crippen LogP contribution in [0, 0.1) is 0 Å². The molecule has 2 heterocycles. The lowest BCUT2D eigenvalue weighted by Gasteiger charge is -2.16. The van der Waals surface area contributed by atoms with Crippen LogP contribution in [0.15, 0.2) is 18.9 Å². The minimum absolute atomic E-state index is 0.0520. The molecule has 3 N–H and O–H groups in total. The van der Waals surface area contributed by atoms with Gasteiger partial charge in [0.05, 0.1) is 12.8 Å². The number of H-pyrrole nitrogens is 1. The number of aromatic nitrogens is 6. The second-order valence-corrected chi connectivity index (χ2v) is 6.23. The molecular formula is C17H23F3N8O3. The molecule has 1 atom stereocenters. The third-order valence-electron chi connectivity index (χ3n) is 4.01. The second kappa shape index (κ2) is 11.2. The summed E-state index contributed by atoms with van der Waals surface area (Å²) in [5.74, 6) is -0.615. The molecule has 0 aliphatic carbocycles. The Morgan fingerprint density at radius 3 is 2.81 bits per heavy atom. The molecule has 0 aromatic carbocycles.